The molecule has 0 atom stereocenters. The van der Waals surface area contributed by atoms with E-state index in [2.05, 4.69) is 10.1 Å². The fraction of sp³-hybridized carbons (Fsp3) is 0.214. The van der Waals surface area contributed by atoms with Crippen molar-refractivity contribution in [3.8, 4) is 22.8 Å². The van der Waals surface area contributed by atoms with Gasteiger partial charge in [-0.2, -0.15) is 0 Å². The SMILES string of the molecule is O=C(c1ccccc1)C1CCN(C(=O)Cn2nc(-c3ccc(F)cc3)nc2-c2ccc(F)cc2)CC1. The van der Waals surface area contributed by atoms with Crippen LogP contribution in [0.2, 0.25) is 0 Å². The number of hydrogen-bond acceptors (Lipinski definition) is 4. The number of nitrogens with zero attached hydrogens (tertiary/aromatic N) is 4. The lowest BCUT2D eigenvalue weighted by atomic mass is 9.89. The van der Waals surface area contributed by atoms with Gasteiger partial charge in [0.2, 0.25) is 5.91 Å². The molecule has 1 aliphatic heterocycles. The van der Waals surface area contributed by atoms with Gasteiger partial charge in [-0.15, -0.1) is 5.10 Å². The average molecular weight is 487 g/mol. The second kappa shape index (κ2) is 10.2. The molecule has 2 heterocycles. The third-order valence-electron chi connectivity index (χ3n) is 6.44. The summed E-state index contributed by atoms with van der Waals surface area (Å²) in [4.78, 5) is 32.3. The molecule has 1 amide bonds. The highest BCUT2D eigenvalue weighted by molar-refractivity contribution is 5.98. The highest BCUT2D eigenvalue weighted by Crippen LogP contribution is 2.25. The minimum atomic E-state index is -0.382. The summed E-state index contributed by atoms with van der Waals surface area (Å²) in [5, 5.41) is 4.51. The Morgan fingerprint density at radius 1 is 0.806 bits per heavy atom. The maximum absolute atomic E-state index is 13.5. The molecule has 36 heavy (non-hydrogen) atoms. The fourth-order valence-electron chi connectivity index (χ4n) is 4.44. The summed E-state index contributed by atoms with van der Waals surface area (Å²) < 4.78 is 28.4. The second-order valence-corrected chi connectivity index (χ2v) is 8.82. The number of likely N-dealkylation sites (tertiary alicyclic amines) is 1. The molecule has 0 saturated carbocycles. The Kier molecular flexibility index (Phi) is 6.66. The summed E-state index contributed by atoms with van der Waals surface area (Å²) in [6.45, 7) is 0.902. The van der Waals surface area contributed by atoms with Crippen molar-refractivity contribution in [1.82, 2.24) is 19.7 Å². The minimum absolute atomic E-state index is 0.0573. The van der Waals surface area contributed by atoms with Gasteiger partial charge in [-0.05, 0) is 61.4 Å². The first-order valence-electron chi connectivity index (χ1n) is 11.8. The van der Waals surface area contributed by atoms with Crippen molar-refractivity contribution >= 4 is 11.7 Å². The Labute approximate surface area is 207 Å². The van der Waals surface area contributed by atoms with Gasteiger partial charge in [0, 0.05) is 35.7 Å². The van der Waals surface area contributed by atoms with Gasteiger partial charge in [0.05, 0.1) is 0 Å². The highest BCUT2D eigenvalue weighted by Gasteiger charge is 2.28. The van der Waals surface area contributed by atoms with Crippen LogP contribution < -0.4 is 0 Å². The van der Waals surface area contributed by atoms with Crippen molar-refractivity contribution in [3.05, 3.63) is 96.1 Å². The number of amides is 1. The van der Waals surface area contributed by atoms with Crippen molar-refractivity contribution in [1.29, 1.82) is 0 Å². The maximum Gasteiger partial charge on any atom is 0.244 e. The lowest BCUT2D eigenvalue weighted by Crippen LogP contribution is -2.42. The lowest BCUT2D eigenvalue weighted by molar-refractivity contribution is -0.133. The first-order valence-corrected chi connectivity index (χ1v) is 11.8. The van der Waals surface area contributed by atoms with Crippen molar-refractivity contribution in [3.63, 3.8) is 0 Å². The minimum Gasteiger partial charge on any atom is -0.341 e. The van der Waals surface area contributed by atoms with Crippen LogP contribution in [0.15, 0.2) is 78.9 Å². The van der Waals surface area contributed by atoms with Crippen molar-refractivity contribution in [2.45, 2.75) is 19.4 Å². The van der Waals surface area contributed by atoms with Crippen LogP contribution in [-0.2, 0) is 11.3 Å². The summed E-state index contributed by atoms with van der Waals surface area (Å²) in [5.74, 6) is -0.136. The van der Waals surface area contributed by atoms with E-state index in [1.807, 2.05) is 30.3 Å². The van der Waals surface area contributed by atoms with E-state index >= 15 is 0 Å². The van der Waals surface area contributed by atoms with E-state index in [-0.39, 0.29) is 35.8 Å². The Bertz CT molecular complexity index is 1360. The average Bonchev–Trinajstić information content (AvgIpc) is 3.33. The summed E-state index contributed by atoms with van der Waals surface area (Å²) in [6.07, 6.45) is 1.20. The van der Waals surface area contributed by atoms with E-state index in [1.165, 1.54) is 28.9 Å². The number of hydrogen-bond donors (Lipinski definition) is 0. The maximum atomic E-state index is 13.5. The number of rotatable bonds is 6. The number of carbonyl (C=O) groups is 2. The number of aromatic nitrogens is 3. The topological polar surface area (TPSA) is 68.1 Å². The lowest BCUT2D eigenvalue weighted by Gasteiger charge is -2.31. The monoisotopic (exact) mass is 486 g/mol. The van der Waals surface area contributed by atoms with Gasteiger partial charge in [-0.25, -0.2) is 18.4 Å². The Morgan fingerprint density at radius 2 is 1.39 bits per heavy atom. The summed E-state index contributed by atoms with van der Waals surface area (Å²) in [7, 11) is 0. The van der Waals surface area contributed by atoms with Crippen molar-refractivity contribution in [2.75, 3.05) is 13.1 Å². The first kappa shape index (κ1) is 23.5. The molecule has 0 radical (unpaired) electrons. The van der Waals surface area contributed by atoms with E-state index in [9.17, 15) is 18.4 Å². The molecule has 3 aromatic carbocycles. The number of Topliss-reactive ketones (excluding diaryl/α,β-unsaturated/α-hetero) is 1. The Morgan fingerprint density at radius 3 is 2.00 bits per heavy atom. The molecule has 1 saturated heterocycles. The highest BCUT2D eigenvalue weighted by atomic mass is 19.1. The zero-order valence-corrected chi connectivity index (χ0v) is 19.5. The molecular formula is C28H24F2N4O2. The predicted octanol–water partition coefficient (Wildman–Crippen LogP) is 5.01. The Balaban J connectivity index is 1.33. The van der Waals surface area contributed by atoms with Crippen LogP contribution in [0.1, 0.15) is 23.2 Å². The van der Waals surface area contributed by atoms with E-state index in [0.717, 1.165) is 0 Å². The zero-order chi connectivity index (χ0) is 25.1. The molecule has 1 aliphatic rings. The van der Waals surface area contributed by atoms with Crippen molar-refractivity contribution in [2.24, 2.45) is 5.92 Å². The molecule has 4 aromatic rings. The van der Waals surface area contributed by atoms with Crippen LogP contribution in [0.5, 0.6) is 0 Å². The van der Waals surface area contributed by atoms with Crippen LogP contribution in [0, 0.1) is 17.6 Å². The van der Waals surface area contributed by atoms with Crippen LogP contribution in [0.25, 0.3) is 22.8 Å². The number of benzene rings is 3. The molecule has 6 nitrogen and oxygen atoms in total. The van der Waals surface area contributed by atoms with Crippen LogP contribution >= 0.6 is 0 Å². The molecule has 1 aromatic heterocycles. The smallest absolute Gasteiger partial charge is 0.244 e. The van der Waals surface area contributed by atoms with E-state index in [1.54, 1.807) is 29.2 Å². The molecule has 8 heteroatoms. The first-order chi connectivity index (χ1) is 17.5. The normalized spacial score (nSPS) is 14.1. The van der Waals surface area contributed by atoms with E-state index < -0.39 is 0 Å². The summed E-state index contributed by atoms with van der Waals surface area (Å²) in [6, 6.07) is 20.8. The molecule has 0 unspecified atom stereocenters. The number of ketones is 1. The van der Waals surface area contributed by atoms with E-state index in [4.69, 9.17) is 0 Å². The number of halogens is 2. The molecule has 0 aliphatic carbocycles. The van der Waals surface area contributed by atoms with Gasteiger partial charge in [0.1, 0.15) is 18.2 Å². The largest absolute Gasteiger partial charge is 0.341 e. The standard InChI is InChI=1S/C28H24F2N4O2/c29-23-10-6-21(7-11-23)27-31-28(22-8-12-24(30)13-9-22)34(32-27)18-25(35)33-16-14-20(15-17-33)26(36)19-4-2-1-3-5-19/h1-13,20H,14-18H2. The van der Waals surface area contributed by atoms with Gasteiger partial charge >= 0.3 is 0 Å². The van der Waals surface area contributed by atoms with Gasteiger partial charge in [-0.3, -0.25) is 9.59 Å². The van der Waals surface area contributed by atoms with Crippen LogP contribution in [0.3, 0.4) is 0 Å². The molecule has 0 N–H and O–H groups in total. The van der Waals surface area contributed by atoms with Gasteiger partial charge < -0.3 is 4.90 Å². The third kappa shape index (κ3) is 5.07. The quantitative estimate of drug-likeness (QED) is 0.359. The third-order valence-corrected chi connectivity index (χ3v) is 6.44. The van der Waals surface area contributed by atoms with Crippen molar-refractivity contribution < 1.29 is 18.4 Å². The fourth-order valence-corrected chi connectivity index (χ4v) is 4.44. The zero-order valence-electron chi connectivity index (χ0n) is 19.5. The van der Waals surface area contributed by atoms with Gasteiger partial charge in [0.25, 0.3) is 0 Å². The molecular weight excluding hydrogens is 462 g/mol. The molecule has 182 valence electrons. The molecule has 5 rings (SSSR count). The van der Waals surface area contributed by atoms with Gasteiger partial charge in [0.15, 0.2) is 17.4 Å². The summed E-state index contributed by atoms with van der Waals surface area (Å²) >= 11 is 0. The van der Waals surface area contributed by atoms with Crippen LogP contribution in [-0.4, -0.2) is 44.4 Å². The number of piperidine rings is 1. The van der Waals surface area contributed by atoms with E-state index in [0.29, 0.717) is 54.3 Å². The van der Waals surface area contributed by atoms with Gasteiger partial charge in [-0.1, -0.05) is 30.3 Å². The number of carbonyl (C=O) groups excluding carboxylic acids is 2. The predicted molar refractivity (Wildman–Crippen MR) is 131 cm³/mol. The second-order valence-electron chi connectivity index (χ2n) is 8.82. The summed E-state index contributed by atoms with van der Waals surface area (Å²) in [5.41, 5.74) is 1.91. The molecule has 0 spiro atoms. The van der Waals surface area contributed by atoms with Crippen LogP contribution in [0.4, 0.5) is 8.78 Å². The Hall–Kier alpha value is -4.20. The molecule has 1 fully saturated rings. The molecule has 0 bridgehead atoms.